The van der Waals surface area contributed by atoms with Crippen LogP contribution in [0.5, 0.6) is 0 Å². The monoisotopic (exact) mass is 312 g/mol. The van der Waals surface area contributed by atoms with Crippen molar-refractivity contribution in [1.29, 1.82) is 0 Å². The molecule has 0 aromatic heterocycles. The molecule has 0 radical (unpaired) electrons. The van der Waals surface area contributed by atoms with E-state index < -0.39 is 0 Å². The van der Waals surface area contributed by atoms with Crippen LogP contribution in [-0.2, 0) is 5.41 Å². The minimum atomic E-state index is 0.128. The van der Waals surface area contributed by atoms with E-state index in [1.54, 1.807) is 0 Å². The van der Waals surface area contributed by atoms with E-state index in [0.29, 0.717) is 5.92 Å². The predicted octanol–water partition coefficient (Wildman–Crippen LogP) is 6.86. The van der Waals surface area contributed by atoms with Gasteiger partial charge in [-0.3, -0.25) is 0 Å². The molecule has 0 amide bonds. The van der Waals surface area contributed by atoms with Gasteiger partial charge in [0.05, 0.1) is 0 Å². The zero-order valence-electron chi connectivity index (χ0n) is 16.0. The molecule has 0 heterocycles. The van der Waals surface area contributed by atoms with E-state index in [1.807, 2.05) is 0 Å². The number of allylic oxidation sites excluding steroid dienone is 2. The number of benzene rings is 1. The second kappa shape index (κ2) is 7.69. The van der Waals surface area contributed by atoms with E-state index in [0.717, 1.165) is 23.7 Å². The van der Waals surface area contributed by atoms with E-state index in [-0.39, 0.29) is 5.41 Å². The third kappa shape index (κ3) is 4.28. The molecule has 128 valence electrons. The normalized spacial score (nSPS) is 28.4. The van der Waals surface area contributed by atoms with Crippen LogP contribution in [0, 0.1) is 29.6 Å². The van der Waals surface area contributed by atoms with Crippen molar-refractivity contribution in [2.75, 3.05) is 0 Å². The van der Waals surface area contributed by atoms with Gasteiger partial charge >= 0.3 is 0 Å². The molecule has 4 atom stereocenters. The van der Waals surface area contributed by atoms with Crippen LogP contribution >= 0.6 is 0 Å². The van der Waals surface area contributed by atoms with Crippen LogP contribution in [0.4, 0.5) is 0 Å². The Morgan fingerprint density at radius 1 is 1.04 bits per heavy atom. The molecular formula is C23H36. The predicted molar refractivity (Wildman–Crippen MR) is 103 cm³/mol. The van der Waals surface area contributed by atoms with Gasteiger partial charge in [-0.25, -0.2) is 0 Å². The maximum atomic E-state index is 2.58. The highest BCUT2D eigenvalue weighted by atomic mass is 14.4. The largest absolute Gasteiger partial charge is 0.0842 e. The minimum Gasteiger partial charge on any atom is -0.0842 e. The Hall–Kier alpha value is -1.04. The summed E-state index contributed by atoms with van der Waals surface area (Å²) in [6.45, 7) is 14.3. The fourth-order valence-corrected chi connectivity index (χ4v) is 4.24. The van der Waals surface area contributed by atoms with Crippen molar-refractivity contribution in [3.63, 3.8) is 0 Å². The molecule has 0 aliphatic heterocycles. The van der Waals surface area contributed by atoms with E-state index in [1.165, 1.54) is 24.8 Å². The van der Waals surface area contributed by atoms with Crippen molar-refractivity contribution < 1.29 is 0 Å². The summed E-state index contributed by atoms with van der Waals surface area (Å²) in [5.74, 6) is 3.87. The molecular weight excluding hydrogens is 276 g/mol. The zero-order chi connectivity index (χ0) is 17.0. The molecule has 2 rings (SSSR count). The second-order valence-corrected chi connectivity index (χ2v) is 8.65. The average Bonchev–Trinajstić information content (AvgIpc) is 2.53. The molecule has 23 heavy (non-hydrogen) atoms. The fourth-order valence-electron chi connectivity index (χ4n) is 4.24. The molecule has 0 spiro atoms. The first kappa shape index (κ1) is 18.3. The van der Waals surface area contributed by atoms with Crippen LogP contribution in [-0.4, -0.2) is 0 Å². The van der Waals surface area contributed by atoms with Gasteiger partial charge in [0.15, 0.2) is 0 Å². The molecule has 1 aliphatic rings. The zero-order valence-corrected chi connectivity index (χ0v) is 16.0. The smallest absolute Gasteiger partial charge is 0.0127 e. The highest BCUT2D eigenvalue weighted by Crippen LogP contribution is 2.40. The lowest BCUT2D eigenvalue weighted by Gasteiger charge is -2.37. The molecule has 0 nitrogen and oxygen atoms in total. The van der Waals surface area contributed by atoms with Crippen molar-refractivity contribution >= 4 is 0 Å². The van der Waals surface area contributed by atoms with E-state index in [2.05, 4.69) is 84.0 Å². The maximum Gasteiger partial charge on any atom is 0.0127 e. The Morgan fingerprint density at radius 2 is 1.70 bits per heavy atom. The fraction of sp³-hybridized carbons (Fsp3) is 0.652. The number of hydrogen-bond donors (Lipinski definition) is 0. The summed E-state index contributed by atoms with van der Waals surface area (Å²) in [5, 5.41) is 0. The Kier molecular flexibility index (Phi) is 6.12. The van der Waals surface area contributed by atoms with Crippen molar-refractivity contribution in [2.45, 2.75) is 66.2 Å². The van der Waals surface area contributed by atoms with Gasteiger partial charge in [-0.1, -0.05) is 90.4 Å². The lowest BCUT2D eigenvalue weighted by Crippen LogP contribution is -2.29. The summed E-state index contributed by atoms with van der Waals surface area (Å²) in [5.41, 5.74) is 1.57. The topological polar surface area (TPSA) is 0 Å². The molecule has 0 unspecified atom stereocenters. The summed E-state index contributed by atoms with van der Waals surface area (Å²) >= 11 is 0. The van der Waals surface area contributed by atoms with Crippen molar-refractivity contribution in [3.05, 3.63) is 48.0 Å². The van der Waals surface area contributed by atoms with Crippen LogP contribution in [0.3, 0.4) is 0 Å². The molecule has 0 heteroatoms. The minimum absolute atomic E-state index is 0.128. The molecule has 1 saturated carbocycles. The van der Waals surface area contributed by atoms with Gasteiger partial charge in [0.25, 0.3) is 0 Å². The van der Waals surface area contributed by atoms with Gasteiger partial charge in [0, 0.05) is 5.41 Å². The van der Waals surface area contributed by atoms with Gasteiger partial charge in [-0.15, -0.1) is 0 Å². The molecule has 1 fully saturated rings. The Morgan fingerprint density at radius 3 is 2.26 bits per heavy atom. The van der Waals surface area contributed by atoms with Gasteiger partial charge in [-0.05, 0) is 48.0 Å². The molecule has 0 saturated heterocycles. The highest BCUT2D eigenvalue weighted by molar-refractivity contribution is 5.31. The van der Waals surface area contributed by atoms with Crippen LogP contribution in [0.1, 0.15) is 66.4 Å². The molecule has 1 aromatic rings. The lowest BCUT2D eigenvalue weighted by molar-refractivity contribution is 0.177. The van der Waals surface area contributed by atoms with Gasteiger partial charge in [0.2, 0.25) is 0 Å². The molecule has 1 aliphatic carbocycles. The van der Waals surface area contributed by atoms with Gasteiger partial charge < -0.3 is 0 Å². The third-order valence-corrected chi connectivity index (χ3v) is 6.36. The Labute approximate surface area is 144 Å². The van der Waals surface area contributed by atoms with Crippen molar-refractivity contribution in [2.24, 2.45) is 29.6 Å². The van der Waals surface area contributed by atoms with E-state index >= 15 is 0 Å². The van der Waals surface area contributed by atoms with Gasteiger partial charge in [-0.2, -0.15) is 0 Å². The SMILES string of the molecule is CC(C)[C@H]1CC[C@@H](C)C[C@H]1C=C[C@@](C)(c1ccccc1)C(C)C. The summed E-state index contributed by atoms with van der Waals surface area (Å²) in [6, 6.07) is 11.0. The van der Waals surface area contributed by atoms with Crippen LogP contribution in [0.2, 0.25) is 0 Å². The lowest BCUT2D eigenvalue weighted by atomic mass is 9.68. The second-order valence-electron chi connectivity index (χ2n) is 8.65. The summed E-state index contributed by atoms with van der Waals surface area (Å²) in [4.78, 5) is 0. The van der Waals surface area contributed by atoms with E-state index in [9.17, 15) is 0 Å². The maximum absolute atomic E-state index is 2.58. The van der Waals surface area contributed by atoms with Gasteiger partial charge in [0.1, 0.15) is 0 Å². The van der Waals surface area contributed by atoms with Crippen molar-refractivity contribution in [3.8, 4) is 0 Å². The Bertz CT molecular complexity index is 496. The molecule has 1 aromatic carbocycles. The van der Waals surface area contributed by atoms with Crippen molar-refractivity contribution in [1.82, 2.24) is 0 Å². The first-order valence-electron chi connectivity index (χ1n) is 9.59. The van der Waals surface area contributed by atoms with Crippen LogP contribution < -0.4 is 0 Å². The standard InChI is InChI=1S/C23H36/c1-17(2)22-13-12-19(5)16-20(22)14-15-23(6,18(3)4)21-10-8-7-9-11-21/h7-11,14-15,17-20,22H,12-13,16H2,1-6H3/t19-,20-,22-,23-/m1/s1. The highest BCUT2D eigenvalue weighted by Gasteiger charge is 2.31. The first-order valence-corrected chi connectivity index (χ1v) is 9.59. The third-order valence-electron chi connectivity index (χ3n) is 6.36. The van der Waals surface area contributed by atoms with Crippen LogP contribution in [0.25, 0.3) is 0 Å². The number of rotatable bonds is 5. The Balaban J connectivity index is 2.26. The number of hydrogen-bond acceptors (Lipinski definition) is 0. The van der Waals surface area contributed by atoms with Crippen LogP contribution in [0.15, 0.2) is 42.5 Å². The quantitative estimate of drug-likeness (QED) is 0.521. The molecule has 0 N–H and O–H groups in total. The average molecular weight is 313 g/mol. The first-order chi connectivity index (χ1) is 10.8. The van der Waals surface area contributed by atoms with E-state index in [4.69, 9.17) is 0 Å². The summed E-state index contributed by atoms with van der Waals surface area (Å²) < 4.78 is 0. The summed E-state index contributed by atoms with van der Waals surface area (Å²) in [7, 11) is 0. The molecule has 0 bridgehead atoms. The summed E-state index contributed by atoms with van der Waals surface area (Å²) in [6.07, 6.45) is 9.28.